The Labute approximate surface area is 119 Å². The molecule has 0 aromatic heterocycles. The predicted molar refractivity (Wildman–Crippen MR) is 74.3 cm³/mol. The van der Waals surface area contributed by atoms with E-state index in [9.17, 15) is 9.59 Å². The summed E-state index contributed by atoms with van der Waals surface area (Å²) in [5, 5.41) is 8.90. The highest BCUT2D eigenvalue weighted by molar-refractivity contribution is 5.84. The topological polar surface area (TPSA) is 60.9 Å². The Morgan fingerprint density at radius 1 is 1.25 bits per heavy atom. The number of hydrogen-bond donors (Lipinski definition) is 1. The van der Waals surface area contributed by atoms with Gasteiger partial charge in [-0.15, -0.1) is 0 Å². The smallest absolute Gasteiger partial charge is 0.317 e. The fourth-order valence-electron chi connectivity index (χ4n) is 3.98. The van der Waals surface area contributed by atoms with Crippen LogP contribution in [-0.2, 0) is 9.59 Å². The van der Waals surface area contributed by atoms with Gasteiger partial charge in [-0.1, -0.05) is 6.42 Å². The Kier molecular flexibility index (Phi) is 3.71. The van der Waals surface area contributed by atoms with E-state index in [-0.39, 0.29) is 12.0 Å². The van der Waals surface area contributed by atoms with Gasteiger partial charge in [-0.2, -0.15) is 0 Å². The van der Waals surface area contributed by atoms with E-state index in [1.54, 1.807) is 0 Å². The lowest BCUT2D eigenvalue weighted by Gasteiger charge is -2.42. The first-order valence-corrected chi connectivity index (χ1v) is 7.83. The minimum atomic E-state index is -0.795. The van der Waals surface area contributed by atoms with E-state index < -0.39 is 5.97 Å². The molecule has 3 aliphatic rings. The van der Waals surface area contributed by atoms with Crippen LogP contribution in [0.25, 0.3) is 0 Å². The molecule has 3 rings (SSSR count). The summed E-state index contributed by atoms with van der Waals surface area (Å²) in [6.07, 6.45) is 6.68. The summed E-state index contributed by atoms with van der Waals surface area (Å²) in [6, 6.07) is 0. The van der Waals surface area contributed by atoms with Gasteiger partial charge in [0.05, 0.1) is 12.0 Å². The number of carboxylic acids is 1. The number of nitrogens with zero attached hydrogens (tertiary/aromatic N) is 2. The lowest BCUT2D eigenvalue weighted by Crippen LogP contribution is -2.52. The average molecular weight is 280 g/mol. The van der Waals surface area contributed by atoms with Gasteiger partial charge in [0.15, 0.2) is 0 Å². The molecule has 1 spiro atoms. The highest BCUT2D eigenvalue weighted by atomic mass is 16.4. The lowest BCUT2D eigenvalue weighted by atomic mass is 9.77. The van der Waals surface area contributed by atoms with Gasteiger partial charge >= 0.3 is 5.97 Å². The van der Waals surface area contributed by atoms with E-state index in [1.165, 1.54) is 19.3 Å². The highest BCUT2D eigenvalue weighted by Gasteiger charge is 2.48. The Hall–Kier alpha value is -1.10. The molecular formula is C15H24N2O3. The second kappa shape index (κ2) is 5.35. The maximum Gasteiger partial charge on any atom is 0.317 e. The zero-order valence-electron chi connectivity index (χ0n) is 12.0. The molecule has 0 bridgehead atoms. The van der Waals surface area contributed by atoms with Crippen LogP contribution in [0.15, 0.2) is 0 Å². The number of hydrogen-bond acceptors (Lipinski definition) is 3. The first kappa shape index (κ1) is 13.9. The van der Waals surface area contributed by atoms with Crippen LogP contribution in [-0.4, -0.2) is 59.5 Å². The third-order valence-electron chi connectivity index (χ3n) is 5.32. The molecule has 3 fully saturated rings. The molecule has 0 unspecified atom stereocenters. The van der Waals surface area contributed by atoms with Crippen molar-refractivity contribution in [1.29, 1.82) is 0 Å². The summed E-state index contributed by atoms with van der Waals surface area (Å²) in [4.78, 5) is 27.6. The highest BCUT2D eigenvalue weighted by Crippen LogP contribution is 2.41. The Balaban J connectivity index is 1.63. The predicted octanol–water partition coefficient (Wildman–Crippen LogP) is 1.19. The van der Waals surface area contributed by atoms with Crippen LogP contribution in [0.3, 0.4) is 0 Å². The molecule has 20 heavy (non-hydrogen) atoms. The third-order valence-corrected chi connectivity index (χ3v) is 5.32. The Morgan fingerprint density at radius 2 is 2.05 bits per heavy atom. The summed E-state index contributed by atoms with van der Waals surface area (Å²) in [5.74, 6) is 0.214. The zero-order chi connectivity index (χ0) is 14.2. The van der Waals surface area contributed by atoms with Gasteiger partial charge in [0.1, 0.15) is 0 Å². The summed E-state index contributed by atoms with van der Waals surface area (Å²) < 4.78 is 0. The van der Waals surface area contributed by atoms with Crippen molar-refractivity contribution in [3.8, 4) is 0 Å². The number of piperidine rings is 1. The van der Waals surface area contributed by atoms with E-state index in [0.717, 1.165) is 38.9 Å². The van der Waals surface area contributed by atoms with Gasteiger partial charge in [-0.25, -0.2) is 0 Å². The maximum atomic E-state index is 12.8. The van der Waals surface area contributed by atoms with Crippen molar-refractivity contribution in [2.45, 2.75) is 38.5 Å². The van der Waals surface area contributed by atoms with Crippen LogP contribution in [0.2, 0.25) is 0 Å². The van der Waals surface area contributed by atoms with Crippen molar-refractivity contribution in [3.05, 3.63) is 0 Å². The van der Waals surface area contributed by atoms with Crippen LogP contribution >= 0.6 is 0 Å². The summed E-state index contributed by atoms with van der Waals surface area (Å²) in [6.45, 7) is 3.28. The van der Waals surface area contributed by atoms with E-state index in [0.29, 0.717) is 18.4 Å². The fourth-order valence-corrected chi connectivity index (χ4v) is 3.98. The average Bonchev–Trinajstić information content (AvgIpc) is 2.72. The molecule has 1 aliphatic carbocycles. The van der Waals surface area contributed by atoms with Gasteiger partial charge in [0.25, 0.3) is 0 Å². The SMILES string of the molecule is O=C(O)CN1CC[C@]2(CCCN(CC3CCC3)C2=O)C1. The molecule has 5 heteroatoms. The maximum absolute atomic E-state index is 12.8. The van der Waals surface area contributed by atoms with Crippen molar-refractivity contribution in [2.75, 3.05) is 32.7 Å². The van der Waals surface area contributed by atoms with Crippen molar-refractivity contribution in [2.24, 2.45) is 11.3 Å². The second-order valence-corrected chi connectivity index (χ2v) is 6.79. The van der Waals surface area contributed by atoms with E-state index >= 15 is 0 Å². The Morgan fingerprint density at radius 3 is 2.70 bits per heavy atom. The molecule has 1 atom stereocenters. The molecule has 0 aromatic rings. The molecule has 0 aromatic carbocycles. The molecule has 2 aliphatic heterocycles. The van der Waals surface area contributed by atoms with Crippen LogP contribution in [0.1, 0.15) is 38.5 Å². The van der Waals surface area contributed by atoms with Crippen LogP contribution in [0.5, 0.6) is 0 Å². The number of amides is 1. The number of likely N-dealkylation sites (tertiary alicyclic amines) is 2. The Bertz CT molecular complexity index is 408. The summed E-state index contributed by atoms with van der Waals surface area (Å²) >= 11 is 0. The van der Waals surface area contributed by atoms with Gasteiger partial charge in [0, 0.05) is 19.6 Å². The lowest BCUT2D eigenvalue weighted by molar-refractivity contribution is -0.147. The molecule has 1 N–H and O–H groups in total. The summed E-state index contributed by atoms with van der Waals surface area (Å²) in [5.41, 5.74) is -0.280. The normalized spacial score (nSPS) is 31.8. The molecule has 0 radical (unpaired) electrons. The second-order valence-electron chi connectivity index (χ2n) is 6.79. The third kappa shape index (κ3) is 2.55. The van der Waals surface area contributed by atoms with E-state index in [1.807, 2.05) is 4.90 Å². The summed E-state index contributed by atoms with van der Waals surface area (Å²) in [7, 11) is 0. The molecule has 2 heterocycles. The number of aliphatic carboxylic acids is 1. The fraction of sp³-hybridized carbons (Fsp3) is 0.867. The van der Waals surface area contributed by atoms with E-state index in [2.05, 4.69) is 4.90 Å². The molecule has 112 valence electrons. The molecular weight excluding hydrogens is 256 g/mol. The minimum absolute atomic E-state index is 0.0671. The molecule has 2 saturated heterocycles. The van der Waals surface area contributed by atoms with Gasteiger partial charge < -0.3 is 10.0 Å². The van der Waals surface area contributed by atoms with Crippen LogP contribution in [0.4, 0.5) is 0 Å². The zero-order valence-corrected chi connectivity index (χ0v) is 12.0. The molecule has 5 nitrogen and oxygen atoms in total. The minimum Gasteiger partial charge on any atom is -0.480 e. The van der Waals surface area contributed by atoms with Gasteiger partial charge in [-0.3, -0.25) is 14.5 Å². The van der Waals surface area contributed by atoms with E-state index in [4.69, 9.17) is 5.11 Å². The number of carbonyl (C=O) groups excluding carboxylic acids is 1. The first-order chi connectivity index (χ1) is 9.59. The van der Waals surface area contributed by atoms with Crippen molar-refractivity contribution < 1.29 is 14.7 Å². The monoisotopic (exact) mass is 280 g/mol. The number of rotatable bonds is 4. The van der Waals surface area contributed by atoms with Gasteiger partial charge in [0.2, 0.25) is 5.91 Å². The van der Waals surface area contributed by atoms with Crippen LogP contribution < -0.4 is 0 Å². The number of carbonyl (C=O) groups is 2. The number of carboxylic acid groups (broad SMARTS) is 1. The first-order valence-electron chi connectivity index (χ1n) is 7.83. The quantitative estimate of drug-likeness (QED) is 0.840. The van der Waals surface area contributed by atoms with Crippen LogP contribution in [0, 0.1) is 11.3 Å². The van der Waals surface area contributed by atoms with Crippen molar-refractivity contribution >= 4 is 11.9 Å². The molecule has 1 amide bonds. The molecule has 1 saturated carbocycles. The van der Waals surface area contributed by atoms with Crippen molar-refractivity contribution in [1.82, 2.24) is 9.80 Å². The largest absolute Gasteiger partial charge is 0.480 e. The van der Waals surface area contributed by atoms with Gasteiger partial charge in [-0.05, 0) is 44.6 Å². The standard InChI is InChI=1S/C15H24N2O3/c18-13(19)10-16-8-6-15(11-16)5-2-7-17(14(15)20)9-12-3-1-4-12/h12H,1-11H2,(H,18,19)/t15-/m1/s1. The van der Waals surface area contributed by atoms with Crippen molar-refractivity contribution in [3.63, 3.8) is 0 Å².